The van der Waals surface area contributed by atoms with Crippen molar-refractivity contribution in [3.8, 4) is 11.1 Å². The van der Waals surface area contributed by atoms with Gasteiger partial charge in [0.2, 0.25) is 5.95 Å². The van der Waals surface area contributed by atoms with Gasteiger partial charge in [0.15, 0.2) is 5.65 Å². The Morgan fingerprint density at radius 1 is 1.14 bits per heavy atom. The van der Waals surface area contributed by atoms with Gasteiger partial charge in [-0.2, -0.15) is 18.2 Å². The van der Waals surface area contributed by atoms with Gasteiger partial charge in [-0.3, -0.25) is 9.59 Å². The Morgan fingerprint density at radius 2 is 1.86 bits per heavy atom. The normalized spacial score (nSPS) is 12.5. The van der Waals surface area contributed by atoms with Crippen LogP contribution in [-0.2, 0) is 0 Å². The molecule has 2 amide bonds. The number of halogens is 4. The van der Waals surface area contributed by atoms with E-state index in [1.165, 1.54) is 28.9 Å². The highest BCUT2D eigenvalue weighted by Crippen LogP contribution is 2.28. The van der Waals surface area contributed by atoms with Crippen LogP contribution in [0.15, 0.2) is 48.0 Å². The molecule has 1 aromatic carbocycles. The zero-order valence-electron chi connectivity index (χ0n) is 18.1. The van der Waals surface area contributed by atoms with E-state index in [0.29, 0.717) is 16.0 Å². The largest absolute Gasteiger partial charge is 0.405 e. The van der Waals surface area contributed by atoms with Crippen LogP contribution in [0.3, 0.4) is 0 Å². The van der Waals surface area contributed by atoms with Crippen molar-refractivity contribution >= 4 is 34.7 Å². The minimum Gasteiger partial charge on any atom is -0.366 e. The number of hydrogen-bond donors (Lipinski definition) is 3. The Balaban J connectivity index is 1.59. The highest BCUT2D eigenvalue weighted by atomic mass is 32.1. The van der Waals surface area contributed by atoms with E-state index < -0.39 is 18.6 Å². The monoisotopic (exact) mass is 506 g/mol. The van der Waals surface area contributed by atoms with Crippen molar-refractivity contribution in [2.75, 3.05) is 12.3 Å². The highest BCUT2D eigenvalue weighted by molar-refractivity contribution is 7.12. The third kappa shape index (κ3) is 5.57. The number of anilines is 1. The maximum atomic E-state index is 13.1. The Morgan fingerprint density at radius 3 is 2.54 bits per heavy atom. The molecule has 0 bridgehead atoms. The smallest absolute Gasteiger partial charge is 0.366 e. The van der Waals surface area contributed by atoms with Crippen molar-refractivity contribution in [1.82, 2.24) is 25.2 Å². The summed E-state index contributed by atoms with van der Waals surface area (Å²) in [5.41, 5.74) is 7.13. The van der Waals surface area contributed by atoms with Crippen molar-refractivity contribution < 1.29 is 27.2 Å². The molecule has 0 fully saturated rings. The average Bonchev–Trinajstić information content (AvgIpc) is 3.43. The molecule has 1 atom stereocenters. The summed E-state index contributed by atoms with van der Waals surface area (Å²) in [5, 5.41) is 10.3. The number of nitrogens with zero attached hydrogens (tertiary/aromatic N) is 3. The quantitative estimate of drug-likeness (QED) is 0.343. The van der Waals surface area contributed by atoms with Gasteiger partial charge in [0.1, 0.15) is 12.4 Å². The maximum absolute atomic E-state index is 13.1. The van der Waals surface area contributed by atoms with Gasteiger partial charge >= 0.3 is 6.18 Å². The average molecular weight is 506 g/mol. The molecule has 0 radical (unpaired) electrons. The second kappa shape index (κ2) is 9.33. The molecule has 0 saturated carbocycles. The number of aromatic nitrogens is 3. The fourth-order valence-corrected chi connectivity index (χ4v) is 4.13. The minimum atomic E-state index is -4.59. The summed E-state index contributed by atoms with van der Waals surface area (Å²) < 4.78 is 52.0. The van der Waals surface area contributed by atoms with Gasteiger partial charge in [-0.15, -0.1) is 16.4 Å². The number of benzene rings is 1. The number of pyridine rings is 1. The van der Waals surface area contributed by atoms with E-state index in [1.807, 2.05) is 5.32 Å². The Kier molecular flexibility index (Phi) is 6.43. The van der Waals surface area contributed by atoms with Crippen LogP contribution in [0.1, 0.15) is 38.6 Å². The van der Waals surface area contributed by atoms with E-state index in [1.54, 1.807) is 30.5 Å². The first kappa shape index (κ1) is 24.1. The van der Waals surface area contributed by atoms with Gasteiger partial charge in [-0.25, -0.2) is 8.91 Å². The molecule has 13 heteroatoms. The molecule has 4 aromatic rings. The van der Waals surface area contributed by atoms with Crippen LogP contribution in [0.4, 0.5) is 23.5 Å². The van der Waals surface area contributed by atoms with E-state index >= 15 is 0 Å². The lowest BCUT2D eigenvalue weighted by Crippen LogP contribution is -2.34. The zero-order valence-corrected chi connectivity index (χ0v) is 18.9. The van der Waals surface area contributed by atoms with E-state index in [4.69, 9.17) is 5.73 Å². The Hall–Kier alpha value is -4.00. The number of alkyl halides is 3. The number of fused-ring (bicyclic) bond motifs is 1. The topological polar surface area (TPSA) is 114 Å². The van der Waals surface area contributed by atoms with E-state index in [2.05, 4.69) is 15.4 Å². The molecule has 0 aliphatic carbocycles. The number of nitrogen functional groups attached to an aromatic ring is 1. The SMILES string of the molecule is C[C@H](NC(=O)c1cc(-c2cc(C(=O)NCC(F)(F)F)c3nc(N)nn3c2)cs1)c1ccc(F)cc1. The number of amides is 2. The second-order valence-electron chi connectivity index (χ2n) is 7.62. The molecule has 182 valence electrons. The van der Waals surface area contributed by atoms with Crippen LogP contribution in [-0.4, -0.2) is 39.1 Å². The summed E-state index contributed by atoms with van der Waals surface area (Å²) >= 11 is 1.14. The van der Waals surface area contributed by atoms with Crippen molar-refractivity contribution in [2.24, 2.45) is 0 Å². The van der Waals surface area contributed by atoms with E-state index in [0.717, 1.165) is 16.9 Å². The van der Waals surface area contributed by atoms with Gasteiger partial charge in [0, 0.05) is 11.8 Å². The number of carbonyl (C=O) groups is 2. The summed E-state index contributed by atoms with van der Waals surface area (Å²) in [6.45, 7) is 0.245. The molecule has 0 spiro atoms. The number of carbonyl (C=O) groups excluding carboxylic acids is 2. The van der Waals surface area contributed by atoms with Gasteiger partial charge in [0.25, 0.3) is 11.8 Å². The number of rotatable bonds is 6. The number of thiophene rings is 1. The van der Waals surface area contributed by atoms with Crippen LogP contribution < -0.4 is 16.4 Å². The lowest BCUT2D eigenvalue weighted by Gasteiger charge is -2.13. The van der Waals surface area contributed by atoms with Gasteiger partial charge in [-0.1, -0.05) is 12.1 Å². The van der Waals surface area contributed by atoms with Crippen molar-refractivity contribution in [2.45, 2.75) is 19.1 Å². The standard InChI is InChI=1S/C22H18F4N6O2S/c1-11(12-2-4-15(23)5-3-12)29-20(34)17-7-14(9-35-17)13-6-16(19(33)28-10-22(24,25)26)18-30-21(27)31-32(18)8-13/h2-9,11H,10H2,1H3,(H2,27,31)(H,28,33)(H,29,34)/t11-/m0/s1. The molecule has 0 unspecified atom stereocenters. The number of nitrogens with two attached hydrogens (primary N) is 1. The van der Waals surface area contributed by atoms with Crippen molar-refractivity contribution in [3.63, 3.8) is 0 Å². The van der Waals surface area contributed by atoms with Crippen LogP contribution in [0.5, 0.6) is 0 Å². The molecule has 0 aliphatic heterocycles. The van der Waals surface area contributed by atoms with E-state index in [9.17, 15) is 27.2 Å². The number of nitrogens with one attached hydrogen (secondary N) is 2. The summed E-state index contributed by atoms with van der Waals surface area (Å²) in [6, 6.07) is 8.31. The molecule has 4 N–H and O–H groups in total. The highest BCUT2D eigenvalue weighted by Gasteiger charge is 2.29. The first-order valence-electron chi connectivity index (χ1n) is 10.2. The molecule has 0 aliphatic rings. The van der Waals surface area contributed by atoms with Gasteiger partial charge in [-0.05, 0) is 47.7 Å². The van der Waals surface area contributed by atoms with Crippen LogP contribution in [0.2, 0.25) is 0 Å². The fourth-order valence-electron chi connectivity index (χ4n) is 3.31. The molecule has 4 rings (SSSR count). The molecule has 3 aromatic heterocycles. The summed E-state index contributed by atoms with van der Waals surface area (Å²) in [7, 11) is 0. The summed E-state index contributed by atoms with van der Waals surface area (Å²) in [4.78, 5) is 29.5. The maximum Gasteiger partial charge on any atom is 0.405 e. The van der Waals surface area contributed by atoms with Gasteiger partial charge in [0.05, 0.1) is 16.5 Å². The van der Waals surface area contributed by atoms with Gasteiger partial charge < -0.3 is 16.4 Å². The fraction of sp³-hybridized carbons (Fsp3) is 0.182. The van der Waals surface area contributed by atoms with Crippen LogP contribution in [0, 0.1) is 5.82 Å². The third-order valence-corrected chi connectivity index (χ3v) is 5.95. The molecular weight excluding hydrogens is 488 g/mol. The van der Waals surface area contributed by atoms with Crippen LogP contribution in [0.25, 0.3) is 16.8 Å². The molecule has 35 heavy (non-hydrogen) atoms. The summed E-state index contributed by atoms with van der Waals surface area (Å²) in [6.07, 6.45) is -3.08. The Bertz CT molecular complexity index is 1400. The molecular formula is C22H18F4N6O2S. The zero-order chi connectivity index (χ0) is 25.3. The predicted molar refractivity (Wildman–Crippen MR) is 121 cm³/mol. The summed E-state index contributed by atoms with van der Waals surface area (Å²) in [5.74, 6) is -1.91. The lowest BCUT2D eigenvalue weighted by atomic mass is 10.1. The number of hydrogen-bond acceptors (Lipinski definition) is 6. The first-order valence-corrected chi connectivity index (χ1v) is 11.0. The first-order chi connectivity index (χ1) is 16.5. The van der Waals surface area contributed by atoms with E-state index in [-0.39, 0.29) is 34.9 Å². The molecule has 0 saturated heterocycles. The van der Waals surface area contributed by atoms with Crippen molar-refractivity contribution in [1.29, 1.82) is 0 Å². The Labute approximate surface area is 199 Å². The second-order valence-corrected chi connectivity index (χ2v) is 8.54. The minimum absolute atomic E-state index is 0.00718. The molecule has 3 heterocycles. The lowest BCUT2D eigenvalue weighted by molar-refractivity contribution is -0.123. The molecule has 8 nitrogen and oxygen atoms in total. The predicted octanol–water partition coefficient (Wildman–Crippen LogP) is 3.96. The third-order valence-electron chi connectivity index (χ3n) is 5.02. The van der Waals surface area contributed by atoms with Crippen LogP contribution >= 0.6 is 11.3 Å². The van der Waals surface area contributed by atoms with Crippen molar-refractivity contribution in [3.05, 3.63) is 69.8 Å².